The Bertz CT molecular complexity index is 1780. The molecule has 0 fully saturated rings. The Labute approximate surface area is 195 Å². The van der Waals surface area contributed by atoms with Crippen molar-refractivity contribution in [1.29, 1.82) is 0 Å². The van der Waals surface area contributed by atoms with E-state index in [9.17, 15) is 0 Å². The predicted octanol–water partition coefficient (Wildman–Crippen LogP) is 7.65. The molecule has 0 atom stereocenters. The third-order valence-corrected chi connectivity index (χ3v) is 6.31. The van der Waals surface area contributed by atoms with E-state index in [1.165, 1.54) is 0 Å². The van der Waals surface area contributed by atoms with Crippen LogP contribution in [0.4, 0.5) is 0 Å². The first-order valence-electron chi connectivity index (χ1n) is 11.3. The quantitative estimate of drug-likeness (QED) is 0.285. The van der Waals surface area contributed by atoms with E-state index in [0.717, 1.165) is 61.2 Å². The van der Waals surface area contributed by atoms with Crippen LogP contribution in [0.2, 0.25) is 0 Å². The van der Waals surface area contributed by atoms with E-state index in [2.05, 4.69) is 76.3 Å². The lowest BCUT2D eigenvalue weighted by atomic mass is 10.0. The fourth-order valence-electron chi connectivity index (χ4n) is 4.79. The maximum Gasteiger partial charge on any atom is 0.145 e. The molecule has 0 aliphatic rings. The van der Waals surface area contributed by atoms with Gasteiger partial charge in [0, 0.05) is 34.6 Å². The third kappa shape index (κ3) is 2.79. The average molecular weight is 438 g/mol. The van der Waals surface area contributed by atoms with Gasteiger partial charge in [0.15, 0.2) is 0 Å². The second-order valence-corrected chi connectivity index (χ2v) is 8.30. The largest absolute Gasteiger partial charge is 0.455 e. The standard InChI is InChI=1S/C30H19N3O/c1-3-9-20(10-4-1)24-19-25-28(27-23-13-7-8-14-26(23)34-29(24)27)32-30(21-15-17-31-18-16-21)33(25)22-11-5-2-6-12-22/h1-19H. The smallest absolute Gasteiger partial charge is 0.145 e. The normalized spacial score (nSPS) is 11.5. The number of aromatic nitrogens is 3. The highest BCUT2D eigenvalue weighted by atomic mass is 16.3. The maximum atomic E-state index is 6.45. The minimum atomic E-state index is 0.860. The summed E-state index contributed by atoms with van der Waals surface area (Å²) >= 11 is 0. The van der Waals surface area contributed by atoms with Crippen LogP contribution in [0.25, 0.3) is 61.2 Å². The number of para-hydroxylation sites is 2. The summed E-state index contributed by atoms with van der Waals surface area (Å²) in [6.07, 6.45) is 3.62. The van der Waals surface area contributed by atoms with Crippen LogP contribution in [-0.2, 0) is 0 Å². The van der Waals surface area contributed by atoms with Crippen molar-refractivity contribution in [3.63, 3.8) is 0 Å². The van der Waals surface area contributed by atoms with Gasteiger partial charge in [0.25, 0.3) is 0 Å². The Morgan fingerprint density at radius 2 is 1.38 bits per heavy atom. The van der Waals surface area contributed by atoms with E-state index in [1.807, 2.05) is 48.8 Å². The lowest BCUT2D eigenvalue weighted by Crippen LogP contribution is -1.97. The van der Waals surface area contributed by atoms with Gasteiger partial charge in [-0.2, -0.15) is 0 Å². The van der Waals surface area contributed by atoms with Crippen molar-refractivity contribution in [3.05, 3.63) is 116 Å². The number of benzene rings is 4. The van der Waals surface area contributed by atoms with Gasteiger partial charge in [-0.3, -0.25) is 9.55 Å². The number of hydrogen-bond donors (Lipinski definition) is 0. The number of pyridine rings is 1. The van der Waals surface area contributed by atoms with Crippen LogP contribution in [0.15, 0.2) is 120 Å². The van der Waals surface area contributed by atoms with E-state index in [1.54, 1.807) is 0 Å². The van der Waals surface area contributed by atoms with E-state index in [0.29, 0.717) is 0 Å². The Morgan fingerprint density at radius 3 is 2.18 bits per heavy atom. The first-order chi connectivity index (χ1) is 16.9. The molecule has 0 saturated carbocycles. The van der Waals surface area contributed by atoms with Crippen LogP contribution < -0.4 is 0 Å². The summed E-state index contributed by atoms with van der Waals surface area (Å²) < 4.78 is 8.68. The van der Waals surface area contributed by atoms with Crippen LogP contribution >= 0.6 is 0 Å². The number of furan rings is 1. The molecule has 0 aliphatic heterocycles. The predicted molar refractivity (Wildman–Crippen MR) is 137 cm³/mol. The van der Waals surface area contributed by atoms with Crippen molar-refractivity contribution >= 4 is 33.0 Å². The van der Waals surface area contributed by atoms with Crippen molar-refractivity contribution in [2.75, 3.05) is 0 Å². The molecule has 4 heteroatoms. The molecule has 7 aromatic rings. The fraction of sp³-hybridized carbons (Fsp3) is 0. The zero-order valence-electron chi connectivity index (χ0n) is 18.2. The molecular formula is C30H19N3O. The Balaban J connectivity index is 1.71. The Hall–Kier alpha value is -4.70. The molecule has 7 rings (SSSR count). The van der Waals surface area contributed by atoms with Gasteiger partial charge in [0.05, 0.1) is 10.9 Å². The maximum absolute atomic E-state index is 6.45. The third-order valence-electron chi connectivity index (χ3n) is 6.31. The topological polar surface area (TPSA) is 43.9 Å². The molecule has 0 saturated heterocycles. The molecule has 0 N–H and O–H groups in total. The summed E-state index contributed by atoms with van der Waals surface area (Å²) in [4.78, 5) is 9.43. The number of nitrogens with zero attached hydrogens (tertiary/aromatic N) is 3. The van der Waals surface area contributed by atoms with Crippen LogP contribution in [-0.4, -0.2) is 14.5 Å². The second-order valence-electron chi connectivity index (χ2n) is 8.30. The first-order valence-corrected chi connectivity index (χ1v) is 11.3. The minimum absolute atomic E-state index is 0.860. The van der Waals surface area contributed by atoms with Gasteiger partial charge in [-0.15, -0.1) is 0 Å². The van der Waals surface area contributed by atoms with Crippen molar-refractivity contribution < 1.29 is 4.42 Å². The number of rotatable bonds is 3. The zero-order chi connectivity index (χ0) is 22.5. The van der Waals surface area contributed by atoms with Crippen molar-refractivity contribution in [3.8, 4) is 28.2 Å². The summed E-state index contributed by atoms with van der Waals surface area (Å²) in [5, 5.41) is 2.11. The van der Waals surface area contributed by atoms with E-state index in [-0.39, 0.29) is 0 Å². The molecular weight excluding hydrogens is 418 g/mol. The Morgan fingerprint density at radius 1 is 0.676 bits per heavy atom. The molecule has 4 aromatic carbocycles. The zero-order valence-corrected chi connectivity index (χ0v) is 18.2. The summed E-state index contributed by atoms with van der Waals surface area (Å²) in [5.74, 6) is 0.875. The van der Waals surface area contributed by atoms with Gasteiger partial charge in [0.2, 0.25) is 0 Å². The molecule has 0 amide bonds. The summed E-state index contributed by atoms with van der Waals surface area (Å²) in [6.45, 7) is 0. The van der Waals surface area contributed by atoms with E-state index in [4.69, 9.17) is 9.40 Å². The number of hydrogen-bond acceptors (Lipinski definition) is 3. The van der Waals surface area contributed by atoms with Gasteiger partial charge in [-0.25, -0.2) is 4.98 Å². The summed E-state index contributed by atoms with van der Waals surface area (Å²) in [6, 6.07) is 35.2. The van der Waals surface area contributed by atoms with Crippen molar-refractivity contribution in [2.45, 2.75) is 0 Å². The van der Waals surface area contributed by atoms with Gasteiger partial charge in [-0.1, -0.05) is 66.7 Å². The molecule has 0 aliphatic carbocycles. The molecule has 0 radical (unpaired) electrons. The molecule has 34 heavy (non-hydrogen) atoms. The van der Waals surface area contributed by atoms with Gasteiger partial charge in [-0.05, 0) is 42.0 Å². The second kappa shape index (κ2) is 7.42. The average Bonchev–Trinajstić information content (AvgIpc) is 3.48. The summed E-state index contributed by atoms with van der Waals surface area (Å²) in [7, 11) is 0. The molecule has 3 heterocycles. The van der Waals surface area contributed by atoms with E-state index < -0.39 is 0 Å². The lowest BCUT2D eigenvalue weighted by Gasteiger charge is -2.10. The number of fused-ring (bicyclic) bond motifs is 5. The SMILES string of the molecule is c1ccc(-c2cc3c(nc(-c4ccncc4)n3-c3ccccc3)c3c2oc2ccccc23)cc1. The Kier molecular flexibility index (Phi) is 4.11. The van der Waals surface area contributed by atoms with Gasteiger partial charge in [0.1, 0.15) is 22.5 Å². The van der Waals surface area contributed by atoms with Crippen molar-refractivity contribution in [2.24, 2.45) is 0 Å². The van der Waals surface area contributed by atoms with Crippen LogP contribution in [0.5, 0.6) is 0 Å². The molecule has 0 spiro atoms. The molecule has 160 valence electrons. The number of imidazole rings is 1. The van der Waals surface area contributed by atoms with Crippen molar-refractivity contribution in [1.82, 2.24) is 14.5 Å². The van der Waals surface area contributed by atoms with Crippen LogP contribution in [0.3, 0.4) is 0 Å². The lowest BCUT2D eigenvalue weighted by molar-refractivity contribution is 0.670. The highest BCUT2D eigenvalue weighted by Gasteiger charge is 2.22. The summed E-state index contributed by atoms with van der Waals surface area (Å²) in [5.41, 5.74) is 7.92. The van der Waals surface area contributed by atoms with E-state index >= 15 is 0 Å². The molecule has 0 bridgehead atoms. The highest BCUT2D eigenvalue weighted by Crippen LogP contribution is 2.42. The first kappa shape index (κ1) is 18.8. The minimum Gasteiger partial charge on any atom is -0.455 e. The molecule has 3 aromatic heterocycles. The van der Waals surface area contributed by atoms with Crippen LogP contribution in [0.1, 0.15) is 0 Å². The highest BCUT2D eigenvalue weighted by molar-refractivity contribution is 6.21. The van der Waals surface area contributed by atoms with Gasteiger partial charge < -0.3 is 4.42 Å². The molecule has 4 nitrogen and oxygen atoms in total. The molecule has 0 unspecified atom stereocenters. The van der Waals surface area contributed by atoms with Crippen LogP contribution in [0, 0.1) is 0 Å². The fourth-order valence-corrected chi connectivity index (χ4v) is 4.79. The van der Waals surface area contributed by atoms with Gasteiger partial charge >= 0.3 is 0 Å². The monoisotopic (exact) mass is 437 g/mol.